The first kappa shape index (κ1) is 23.4. The van der Waals surface area contributed by atoms with Crippen molar-refractivity contribution in [3.05, 3.63) is 23.8 Å². The summed E-state index contributed by atoms with van der Waals surface area (Å²) in [5.74, 6) is 0.554. The van der Waals surface area contributed by atoms with Crippen LogP contribution >= 0.6 is 0 Å². The smallest absolute Gasteiger partial charge is 0.303 e. The molecule has 2 aliphatic rings. The molecule has 1 aliphatic heterocycles. The van der Waals surface area contributed by atoms with E-state index in [0.717, 1.165) is 18.4 Å². The fourth-order valence-corrected chi connectivity index (χ4v) is 4.84. The van der Waals surface area contributed by atoms with Gasteiger partial charge in [-0.3, -0.25) is 9.59 Å². The van der Waals surface area contributed by atoms with Gasteiger partial charge in [0.25, 0.3) is 5.91 Å². The van der Waals surface area contributed by atoms with E-state index < -0.39 is 23.6 Å². The van der Waals surface area contributed by atoms with Crippen LogP contribution in [-0.4, -0.2) is 60.4 Å². The number of aliphatic hydroxyl groups is 1. The molecule has 0 unspecified atom stereocenters. The average Bonchev–Trinajstić information content (AvgIpc) is 3.35. The fourth-order valence-electron chi connectivity index (χ4n) is 4.84. The fraction of sp³-hybridized carbons (Fsp3) is 0.667. The lowest BCUT2D eigenvalue weighted by Crippen LogP contribution is -2.41. The molecule has 0 bridgehead atoms. The highest BCUT2D eigenvalue weighted by atomic mass is 16.5. The minimum absolute atomic E-state index is 0.0992. The van der Waals surface area contributed by atoms with Gasteiger partial charge >= 0.3 is 5.97 Å². The van der Waals surface area contributed by atoms with Gasteiger partial charge in [-0.2, -0.15) is 0 Å². The highest BCUT2D eigenvalue weighted by Crippen LogP contribution is 2.47. The quantitative estimate of drug-likeness (QED) is 0.665. The molecule has 172 valence electrons. The highest BCUT2D eigenvalue weighted by Gasteiger charge is 2.49. The Morgan fingerprint density at radius 3 is 2.45 bits per heavy atom. The van der Waals surface area contributed by atoms with Crippen molar-refractivity contribution in [2.75, 3.05) is 20.2 Å². The van der Waals surface area contributed by atoms with Gasteiger partial charge in [0.15, 0.2) is 17.6 Å². The maximum atomic E-state index is 12.9. The Morgan fingerprint density at radius 1 is 1.19 bits per heavy atom. The summed E-state index contributed by atoms with van der Waals surface area (Å²) in [6.07, 6.45) is 3.13. The number of carbonyl (C=O) groups excluding carboxylic acids is 2. The van der Waals surface area contributed by atoms with Crippen molar-refractivity contribution >= 4 is 11.9 Å². The predicted molar refractivity (Wildman–Crippen MR) is 116 cm³/mol. The van der Waals surface area contributed by atoms with E-state index in [2.05, 4.69) is 0 Å². The Labute approximate surface area is 184 Å². The van der Waals surface area contributed by atoms with E-state index >= 15 is 0 Å². The molecule has 1 N–H and O–H groups in total. The molecule has 1 aromatic rings. The number of amides is 1. The maximum Gasteiger partial charge on any atom is 0.303 e. The van der Waals surface area contributed by atoms with Gasteiger partial charge in [0.2, 0.25) is 0 Å². The summed E-state index contributed by atoms with van der Waals surface area (Å²) in [6, 6.07) is 5.87. The molecule has 0 radical (unpaired) electrons. The summed E-state index contributed by atoms with van der Waals surface area (Å²) in [4.78, 5) is 25.9. The first-order valence-corrected chi connectivity index (χ1v) is 11.1. The molecular formula is C24H35NO6. The van der Waals surface area contributed by atoms with Gasteiger partial charge in [0, 0.05) is 31.3 Å². The molecule has 0 aromatic heterocycles. The lowest BCUT2D eigenvalue weighted by Gasteiger charge is -2.34. The number of rotatable bonds is 7. The molecule has 31 heavy (non-hydrogen) atoms. The van der Waals surface area contributed by atoms with Crippen LogP contribution in [0.5, 0.6) is 11.5 Å². The van der Waals surface area contributed by atoms with Crippen molar-refractivity contribution in [3.8, 4) is 11.5 Å². The normalized spacial score (nSPS) is 25.9. The number of ether oxygens (including phenoxy) is 3. The van der Waals surface area contributed by atoms with Crippen LogP contribution in [-0.2, 0) is 14.3 Å². The summed E-state index contributed by atoms with van der Waals surface area (Å²) in [7, 11) is 1.63. The van der Waals surface area contributed by atoms with Gasteiger partial charge in [-0.1, -0.05) is 13.0 Å². The van der Waals surface area contributed by atoms with Crippen molar-refractivity contribution in [2.24, 2.45) is 5.41 Å². The lowest BCUT2D eigenvalue weighted by atomic mass is 9.72. The van der Waals surface area contributed by atoms with Crippen molar-refractivity contribution in [2.45, 2.75) is 77.6 Å². The van der Waals surface area contributed by atoms with Gasteiger partial charge < -0.3 is 24.2 Å². The topological polar surface area (TPSA) is 85.3 Å². The maximum absolute atomic E-state index is 12.9. The van der Waals surface area contributed by atoms with E-state index in [1.165, 1.54) is 19.8 Å². The molecule has 1 saturated carbocycles. The number of benzene rings is 1. The summed E-state index contributed by atoms with van der Waals surface area (Å²) in [5.41, 5.74) is 0.442. The lowest BCUT2D eigenvalue weighted by molar-refractivity contribution is -0.157. The number of carbonyl (C=O) groups is 2. The number of likely N-dealkylation sites (tertiary alicyclic amines) is 1. The molecule has 2 fully saturated rings. The average molecular weight is 434 g/mol. The number of hydrogen-bond acceptors (Lipinski definition) is 6. The van der Waals surface area contributed by atoms with E-state index in [4.69, 9.17) is 14.2 Å². The minimum atomic E-state index is -0.855. The minimum Gasteiger partial charge on any atom is -0.493 e. The Bertz CT molecular complexity index is 803. The molecule has 1 aliphatic carbocycles. The zero-order chi connectivity index (χ0) is 22.8. The van der Waals surface area contributed by atoms with Crippen LogP contribution in [0.25, 0.3) is 0 Å². The van der Waals surface area contributed by atoms with Crippen molar-refractivity contribution < 1.29 is 28.9 Å². The van der Waals surface area contributed by atoms with E-state index in [1.54, 1.807) is 25.9 Å². The van der Waals surface area contributed by atoms with E-state index in [0.29, 0.717) is 24.6 Å². The molecule has 0 spiro atoms. The molecule has 1 saturated heterocycles. The first-order chi connectivity index (χ1) is 14.7. The molecule has 3 rings (SSSR count). The number of esters is 1. The first-order valence-electron chi connectivity index (χ1n) is 11.1. The van der Waals surface area contributed by atoms with E-state index in [9.17, 15) is 14.7 Å². The largest absolute Gasteiger partial charge is 0.493 e. The number of hydrogen-bond donors (Lipinski definition) is 1. The molecule has 7 nitrogen and oxygen atoms in total. The van der Waals surface area contributed by atoms with Gasteiger partial charge in [-0.25, -0.2) is 0 Å². The molecule has 4 atom stereocenters. The van der Waals surface area contributed by atoms with Crippen LogP contribution in [0.3, 0.4) is 0 Å². The van der Waals surface area contributed by atoms with Gasteiger partial charge in [-0.15, -0.1) is 0 Å². The third kappa shape index (κ3) is 4.97. The van der Waals surface area contributed by atoms with Crippen LogP contribution in [0.1, 0.15) is 64.9 Å². The van der Waals surface area contributed by atoms with Crippen molar-refractivity contribution in [1.82, 2.24) is 4.90 Å². The number of methoxy groups -OCH3 is 1. The van der Waals surface area contributed by atoms with E-state index in [-0.39, 0.29) is 17.9 Å². The SMILES string of the molecule is COc1ccc([C@@H]2CN(C(=O)[C@H](C)OC(C)=O)C[C@@]2(C)[C@@H](C)O)cc1OC1CCCC1. The summed E-state index contributed by atoms with van der Waals surface area (Å²) >= 11 is 0. The molecule has 1 heterocycles. The van der Waals surface area contributed by atoms with Crippen LogP contribution < -0.4 is 9.47 Å². The van der Waals surface area contributed by atoms with Crippen molar-refractivity contribution in [1.29, 1.82) is 0 Å². The molecular weight excluding hydrogens is 398 g/mol. The molecule has 1 amide bonds. The zero-order valence-corrected chi connectivity index (χ0v) is 19.2. The number of nitrogens with zero attached hydrogens (tertiary/aromatic N) is 1. The summed E-state index contributed by atoms with van der Waals surface area (Å²) in [6.45, 7) is 7.44. The summed E-state index contributed by atoms with van der Waals surface area (Å²) in [5, 5.41) is 10.6. The van der Waals surface area contributed by atoms with Crippen LogP contribution in [0, 0.1) is 5.41 Å². The number of aliphatic hydroxyl groups excluding tert-OH is 1. The molecule has 1 aromatic carbocycles. The Balaban J connectivity index is 1.88. The Hall–Kier alpha value is -2.28. The predicted octanol–water partition coefficient (Wildman–Crippen LogP) is 3.28. The third-order valence-electron chi connectivity index (χ3n) is 6.87. The highest BCUT2D eigenvalue weighted by molar-refractivity contribution is 5.83. The second-order valence-electron chi connectivity index (χ2n) is 9.14. The molecule has 7 heteroatoms. The van der Waals surface area contributed by atoms with Crippen LogP contribution in [0.2, 0.25) is 0 Å². The van der Waals surface area contributed by atoms with E-state index in [1.807, 2.05) is 25.1 Å². The standard InChI is InChI=1S/C24H35NO6/c1-15(30-17(3)27)23(28)25-13-20(24(4,14-25)16(2)26)18-10-11-21(29-5)22(12-18)31-19-8-6-7-9-19/h10-12,15-16,19-20,26H,6-9,13-14H2,1-5H3/t15-,16+,20-,24-/m0/s1. The third-order valence-corrected chi connectivity index (χ3v) is 6.87. The zero-order valence-electron chi connectivity index (χ0n) is 19.2. The van der Waals surface area contributed by atoms with Crippen LogP contribution in [0.15, 0.2) is 18.2 Å². The summed E-state index contributed by atoms with van der Waals surface area (Å²) < 4.78 is 16.9. The monoisotopic (exact) mass is 433 g/mol. The van der Waals surface area contributed by atoms with Gasteiger partial charge in [0.1, 0.15) is 0 Å². The van der Waals surface area contributed by atoms with Crippen molar-refractivity contribution in [3.63, 3.8) is 0 Å². The van der Waals surface area contributed by atoms with Crippen LogP contribution in [0.4, 0.5) is 0 Å². The Morgan fingerprint density at radius 2 is 1.87 bits per heavy atom. The second-order valence-corrected chi connectivity index (χ2v) is 9.14. The second kappa shape index (κ2) is 9.47. The Kier molecular flexibility index (Phi) is 7.14. The van der Waals surface area contributed by atoms with Gasteiger partial charge in [0.05, 0.1) is 19.3 Å². The van der Waals surface area contributed by atoms with Gasteiger partial charge in [-0.05, 0) is 57.2 Å².